The van der Waals surface area contributed by atoms with Gasteiger partial charge in [-0.05, 0) is 19.2 Å². The Labute approximate surface area is 81.2 Å². The van der Waals surface area contributed by atoms with Crippen molar-refractivity contribution in [1.82, 2.24) is 15.3 Å². The summed E-state index contributed by atoms with van der Waals surface area (Å²) in [6, 6.07) is 1.67. The highest BCUT2D eigenvalue weighted by Crippen LogP contribution is 2.09. The average Bonchev–Trinajstić information content (AvgIpc) is 2.15. The zero-order valence-corrected chi connectivity index (χ0v) is 8.60. The second-order valence-electron chi connectivity index (χ2n) is 2.46. The van der Waals surface area contributed by atoms with Gasteiger partial charge in [0.25, 0.3) is 5.91 Å². The Balaban J connectivity index is 3.08. The maximum absolute atomic E-state index is 11.2. The van der Waals surface area contributed by atoms with Gasteiger partial charge in [-0.3, -0.25) is 4.79 Å². The Kier molecular flexibility index (Phi) is 3.25. The van der Waals surface area contributed by atoms with Gasteiger partial charge in [-0.15, -0.1) is 0 Å². The summed E-state index contributed by atoms with van der Waals surface area (Å²) < 4.78 is 0. The summed E-state index contributed by atoms with van der Waals surface area (Å²) in [7, 11) is 1.58. The summed E-state index contributed by atoms with van der Waals surface area (Å²) in [5, 5.41) is 3.15. The fourth-order valence-electron chi connectivity index (χ4n) is 0.877. The largest absolute Gasteiger partial charge is 0.354 e. The van der Waals surface area contributed by atoms with Gasteiger partial charge >= 0.3 is 0 Å². The summed E-state index contributed by atoms with van der Waals surface area (Å²) in [6.07, 6.45) is 1.88. The molecule has 0 radical (unpaired) electrons. The third-order valence-electron chi connectivity index (χ3n) is 1.48. The second kappa shape index (κ2) is 4.23. The Bertz CT molecular complexity index is 327. The number of thioether (sulfide) groups is 1. The van der Waals surface area contributed by atoms with E-state index < -0.39 is 0 Å². The molecular weight excluding hydrogens is 186 g/mol. The highest BCUT2D eigenvalue weighted by molar-refractivity contribution is 7.98. The van der Waals surface area contributed by atoms with Gasteiger partial charge < -0.3 is 5.32 Å². The smallest absolute Gasteiger partial charge is 0.269 e. The van der Waals surface area contributed by atoms with Crippen LogP contribution < -0.4 is 5.32 Å². The molecule has 0 spiro atoms. The Hall–Kier alpha value is -1.10. The molecule has 0 aliphatic carbocycles. The second-order valence-corrected chi connectivity index (χ2v) is 3.23. The standard InChI is InChI=1S/C8H11N3OS/c1-5-4-6(7(12)9-2)11-8(10-5)13-3/h4H,1-3H3,(H,9,12). The van der Waals surface area contributed by atoms with E-state index in [2.05, 4.69) is 15.3 Å². The van der Waals surface area contributed by atoms with Crippen molar-refractivity contribution >= 4 is 17.7 Å². The molecule has 0 aliphatic rings. The van der Waals surface area contributed by atoms with Crippen molar-refractivity contribution in [3.63, 3.8) is 0 Å². The van der Waals surface area contributed by atoms with E-state index in [1.165, 1.54) is 11.8 Å². The average molecular weight is 197 g/mol. The number of nitrogens with one attached hydrogen (secondary N) is 1. The lowest BCUT2D eigenvalue weighted by molar-refractivity contribution is 0.0957. The number of aryl methyl sites for hydroxylation is 1. The molecule has 0 bridgehead atoms. The zero-order valence-electron chi connectivity index (χ0n) is 7.79. The number of hydrogen-bond acceptors (Lipinski definition) is 4. The minimum Gasteiger partial charge on any atom is -0.354 e. The van der Waals surface area contributed by atoms with Crippen molar-refractivity contribution in [3.8, 4) is 0 Å². The number of carbonyl (C=O) groups excluding carboxylic acids is 1. The molecule has 1 heterocycles. The number of amides is 1. The molecule has 0 saturated carbocycles. The lowest BCUT2D eigenvalue weighted by Crippen LogP contribution is -2.19. The SMILES string of the molecule is CNC(=O)c1cc(C)nc(SC)n1. The van der Waals surface area contributed by atoms with Crippen LogP contribution in [0.2, 0.25) is 0 Å². The molecular formula is C8H11N3OS. The molecule has 70 valence electrons. The van der Waals surface area contributed by atoms with Crippen LogP contribution in [-0.2, 0) is 0 Å². The fraction of sp³-hybridized carbons (Fsp3) is 0.375. The summed E-state index contributed by atoms with van der Waals surface area (Å²) in [5.41, 5.74) is 1.22. The van der Waals surface area contributed by atoms with Gasteiger partial charge in [0.1, 0.15) is 5.69 Å². The van der Waals surface area contributed by atoms with Crippen LogP contribution in [0.5, 0.6) is 0 Å². The number of aromatic nitrogens is 2. The van der Waals surface area contributed by atoms with E-state index in [1.54, 1.807) is 13.1 Å². The number of carbonyl (C=O) groups is 1. The van der Waals surface area contributed by atoms with E-state index in [0.29, 0.717) is 10.9 Å². The van der Waals surface area contributed by atoms with Gasteiger partial charge in [-0.2, -0.15) is 0 Å². The van der Waals surface area contributed by atoms with Crippen LogP contribution in [0.4, 0.5) is 0 Å². The minimum atomic E-state index is -0.180. The van der Waals surface area contributed by atoms with Crippen LogP contribution >= 0.6 is 11.8 Å². The topological polar surface area (TPSA) is 54.9 Å². The third kappa shape index (κ3) is 2.42. The summed E-state index contributed by atoms with van der Waals surface area (Å²) in [4.78, 5) is 19.4. The molecule has 0 unspecified atom stereocenters. The van der Waals surface area contributed by atoms with E-state index in [4.69, 9.17) is 0 Å². The van der Waals surface area contributed by atoms with Crippen molar-refractivity contribution in [1.29, 1.82) is 0 Å². The fourth-order valence-corrected chi connectivity index (χ4v) is 1.30. The van der Waals surface area contributed by atoms with Crippen molar-refractivity contribution < 1.29 is 4.79 Å². The van der Waals surface area contributed by atoms with E-state index in [-0.39, 0.29) is 5.91 Å². The van der Waals surface area contributed by atoms with Crippen LogP contribution in [0.25, 0.3) is 0 Å². The van der Waals surface area contributed by atoms with Crippen LogP contribution in [0.1, 0.15) is 16.2 Å². The number of nitrogens with zero attached hydrogens (tertiary/aromatic N) is 2. The molecule has 13 heavy (non-hydrogen) atoms. The van der Waals surface area contributed by atoms with Gasteiger partial charge in [0.05, 0.1) is 0 Å². The maximum Gasteiger partial charge on any atom is 0.269 e. The predicted molar refractivity (Wildman–Crippen MR) is 51.9 cm³/mol. The molecule has 1 aromatic rings. The van der Waals surface area contributed by atoms with Crippen LogP contribution in [0, 0.1) is 6.92 Å². The van der Waals surface area contributed by atoms with Crippen molar-refractivity contribution in [2.75, 3.05) is 13.3 Å². The Morgan fingerprint density at radius 3 is 2.77 bits per heavy atom. The minimum absolute atomic E-state index is 0.180. The van der Waals surface area contributed by atoms with Crippen LogP contribution in [0.3, 0.4) is 0 Å². The first kappa shape index (κ1) is 9.98. The molecule has 0 aliphatic heterocycles. The van der Waals surface area contributed by atoms with Gasteiger partial charge in [0.15, 0.2) is 5.16 Å². The maximum atomic E-state index is 11.2. The van der Waals surface area contributed by atoms with E-state index in [0.717, 1.165) is 5.69 Å². The van der Waals surface area contributed by atoms with Gasteiger partial charge in [-0.1, -0.05) is 11.8 Å². The van der Waals surface area contributed by atoms with E-state index in [9.17, 15) is 4.79 Å². The molecule has 0 atom stereocenters. The highest BCUT2D eigenvalue weighted by Gasteiger charge is 2.07. The first-order chi connectivity index (χ1) is 6.17. The highest BCUT2D eigenvalue weighted by atomic mass is 32.2. The first-order valence-corrected chi connectivity index (χ1v) is 5.01. The monoisotopic (exact) mass is 197 g/mol. The predicted octanol–water partition coefficient (Wildman–Crippen LogP) is 0.867. The van der Waals surface area contributed by atoms with E-state index >= 15 is 0 Å². The van der Waals surface area contributed by atoms with Crippen molar-refractivity contribution in [2.45, 2.75) is 12.1 Å². The molecule has 4 nitrogen and oxygen atoms in total. The molecule has 1 amide bonds. The lowest BCUT2D eigenvalue weighted by Gasteiger charge is -2.02. The molecule has 0 saturated heterocycles. The summed E-state index contributed by atoms with van der Waals surface area (Å²) >= 11 is 1.42. The Morgan fingerprint density at radius 1 is 1.54 bits per heavy atom. The molecule has 1 N–H and O–H groups in total. The normalized spacial score (nSPS) is 9.77. The molecule has 1 rings (SSSR count). The third-order valence-corrected chi connectivity index (χ3v) is 2.02. The summed E-state index contributed by atoms with van der Waals surface area (Å²) in [6.45, 7) is 1.84. The van der Waals surface area contributed by atoms with Gasteiger partial charge in [-0.25, -0.2) is 9.97 Å². The first-order valence-electron chi connectivity index (χ1n) is 3.79. The van der Waals surface area contributed by atoms with Crippen molar-refractivity contribution in [2.24, 2.45) is 0 Å². The van der Waals surface area contributed by atoms with E-state index in [1.807, 2.05) is 13.2 Å². The molecule has 0 fully saturated rings. The van der Waals surface area contributed by atoms with Gasteiger partial charge in [0, 0.05) is 12.7 Å². The molecule has 0 aromatic carbocycles. The molecule has 5 heteroatoms. The Morgan fingerprint density at radius 2 is 2.23 bits per heavy atom. The van der Waals surface area contributed by atoms with Crippen LogP contribution in [-0.4, -0.2) is 29.2 Å². The van der Waals surface area contributed by atoms with Gasteiger partial charge in [0.2, 0.25) is 0 Å². The molecule has 1 aromatic heterocycles. The van der Waals surface area contributed by atoms with Crippen molar-refractivity contribution in [3.05, 3.63) is 17.5 Å². The number of rotatable bonds is 2. The lowest BCUT2D eigenvalue weighted by atomic mass is 10.3. The quantitative estimate of drug-likeness (QED) is 0.564. The van der Waals surface area contributed by atoms with Crippen LogP contribution in [0.15, 0.2) is 11.2 Å². The zero-order chi connectivity index (χ0) is 9.84. The summed E-state index contributed by atoms with van der Waals surface area (Å²) in [5.74, 6) is -0.180. The number of hydrogen-bond donors (Lipinski definition) is 1.